The second-order valence-corrected chi connectivity index (χ2v) is 4.94. The SMILES string of the molecule is CC(C)C(C)N(C)C(=O)c1ccc(C#CCO)cc1. The van der Waals surface area contributed by atoms with Crippen molar-refractivity contribution in [2.45, 2.75) is 26.8 Å². The van der Waals surface area contributed by atoms with Crippen LogP contribution in [-0.4, -0.2) is 35.6 Å². The topological polar surface area (TPSA) is 40.5 Å². The van der Waals surface area contributed by atoms with Crippen LogP contribution in [0.2, 0.25) is 0 Å². The fourth-order valence-electron chi connectivity index (χ4n) is 1.67. The summed E-state index contributed by atoms with van der Waals surface area (Å²) in [6, 6.07) is 7.33. The predicted molar refractivity (Wildman–Crippen MR) is 76.8 cm³/mol. The monoisotopic (exact) mass is 259 g/mol. The van der Waals surface area contributed by atoms with Gasteiger partial charge in [-0.2, -0.15) is 0 Å². The Kier molecular flexibility index (Phi) is 5.59. The third kappa shape index (κ3) is 4.11. The summed E-state index contributed by atoms with van der Waals surface area (Å²) >= 11 is 0. The van der Waals surface area contributed by atoms with Gasteiger partial charge >= 0.3 is 0 Å². The second-order valence-electron chi connectivity index (χ2n) is 4.94. The van der Waals surface area contributed by atoms with Crippen LogP contribution in [0.15, 0.2) is 24.3 Å². The van der Waals surface area contributed by atoms with Gasteiger partial charge < -0.3 is 10.0 Å². The molecule has 1 atom stereocenters. The minimum absolute atomic E-state index is 0.0165. The van der Waals surface area contributed by atoms with E-state index in [0.717, 1.165) is 5.56 Å². The summed E-state index contributed by atoms with van der Waals surface area (Å²) in [6.45, 7) is 6.09. The third-order valence-corrected chi connectivity index (χ3v) is 3.34. The fourth-order valence-corrected chi connectivity index (χ4v) is 1.67. The number of nitrogens with zero attached hydrogens (tertiary/aromatic N) is 1. The first-order chi connectivity index (χ1) is 8.97. The molecule has 3 heteroatoms. The van der Waals surface area contributed by atoms with Crippen molar-refractivity contribution in [2.75, 3.05) is 13.7 Å². The fraction of sp³-hybridized carbons (Fsp3) is 0.438. The van der Waals surface area contributed by atoms with E-state index in [2.05, 4.69) is 25.7 Å². The molecule has 0 aliphatic carbocycles. The first-order valence-electron chi connectivity index (χ1n) is 6.44. The number of rotatable bonds is 3. The molecule has 1 unspecified atom stereocenters. The van der Waals surface area contributed by atoms with Crippen LogP contribution in [0.5, 0.6) is 0 Å². The average molecular weight is 259 g/mol. The molecule has 0 fully saturated rings. The van der Waals surface area contributed by atoms with Crippen molar-refractivity contribution in [2.24, 2.45) is 5.92 Å². The van der Waals surface area contributed by atoms with Crippen molar-refractivity contribution in [3.63, 3.8) is 0 Å². The summed E-state index contributed by atoms with van der Waals surface area (Å²) in [4.78, 5) is 14.0. The highest BCUT2D eigenvalue weighted by atomic mass is 16.2. The van der Waals surface area contributed by atoms with Crippen LogP contribution in [0.4, 0.5) is 0 Å². The Bertz CT molecular complexity index is 480. The summed E-state index contributed by atoms with van der Waals surface area (Å²) in [5.74, 6) is 5.82. The number of hydrogen-bond acceptors (Lipinski definition) is 2. The van der Waals surface area contributed by atoms with Crippen LogP contribution in [0.3, 0.4) is 0 Å². The maximum Gasteiger partial charge on any atom is 0.253 e. The second kappa shape index (κ2) is 6.96. The van der Waals surface area contributed by atoms with Gasteiger partial charge in [0.05, 0.1) is 0 Å². The van der Waals surface area contributed by atoms with E-state index in [1.54, 1.807) is 29.2 Å². The first-order valence-corrected chi connectivity index (χ1v) is 6.44. The van der Waals surface area contributed by atoms with Crippen molar-refractivity contribution >= 4 is 5.91 Å². The Morgan fingerprint density at radius 3 is 2.32 bits per heavy atom. The number of amides is 1. The predicted octanol–water partition coefficient (Wildman–Crippen LogP) is 2.15. The normalized spacial score (nSPS) is 11.7. The smallest absolute Gasteiger partial charge is 0.253 e. The number of aliphatic hydroxyl groups is 1. The van der Waals surface area contributed by atoms with Gasteiger partial charge in [0.15, 0.2) is 0 Å². The van der Waals surface area contributed by atoms with Gasteiger partial charge in [-0.15, -0.1) is 0 Å². The molecule has 0 aliphatic rings. The highest BCUT2D eigenvalue weighted by Gasteiger charge is 2.19. The number of aliphatic hydroxyl groups excluding tert-OH is 1. The van der Waals surface area contributed by atoms with E-state index in [1.165, 1.54) is 0 Å². The lowest BCUT2D eigenvalue weighted by Gasteiger charge is -2.28. The van der Waals surface area contributed by atoms with Gasteiger partial charge in [-0.25, -0.2) is 0 Å². The summed E-state index contributed by atoms with van der Waals surface area (Å²) in [7, 11) is 1.83. The van der Waals surface area contributed by atoms with E-state index in [4.69, 9.17) is 5.11 Å². The number of hydrogen-bond donors (Lipinski definition) is 1. The zero-order chi connectivity index (χ0) is 14.4. The largest absolute Gasteiger partial charge is 0.384 e. The Labute approximate surface area is 115 Å². The summed E-state index contributed by atoms with van der Waals surface area (Å²) in [6.07, 6.45) is 0. The quantitative estimate of drug-likeness (QED) is 0.845. The van der Waals surface area contributed by atoms with Gasteiger partial charge in [-0.1, -0.05) is 25.7 Å². The summed E-state index contributed by atoms with van der Waals surface area (Å²) in [5.41, 5.74) is 1.45. The molecule has 0 spiro atoms. The Hall–Kier alpha value is -1.79. The molecule has 1 amide bonds. The lowest BCUT2D eigenvalue weighted by atomic mass is 10.0. The van der Waals surface area contributed by atoms with Gasteiger partial charge in [0, 0.05) is 24.2 Å². The van der Waals surface area contributed by atoms with Crippen molar-refractivity contribution < 1.29 is 9.90 Å². The van der Waals surface area contributed by atoms with Crippen molar-refractivity contribution in [1.29, 1.82) is 0 Å². The van der Waals surface area contributed by atoms with Crippen LogP contribution in [0, 0.1) is 17.8 Å². The molecule has 0 saturated heterocycles. The van der Waals surface area contributed by atoms with Gasteiger partial charge in [0.25, 0.3) is 5.91 Å². The van der Waals surface area contributed by atoms with E-state index in [1.807, 2.05) is 14.0 Å². The Morgan fingerprint density at radius 1 is 1.26 bits per heavy atom. The van der Waals surface area contributed by atoms with E-state index in [-0.39, 0.29) is 18.6 Å². The molecule has 0 aliphatic heterocycles. The van der Waals surface area contributed by atoms with Gasteiger partial charge in [-0.05, 0) is 37.1 Å². The van der Waals surface area contributed by atoms with Crippen LogP contribution >= 0.6 is 0 Å². The zero-order valence-electron chi connectivity index (χ0n) is 12.0. The number of benzene rings is 1. The number of carbonyl (C=O) groups excluding carboxylic acids is 1. The molecule has 1 aromatic rings. The van der Waals surface area contributed by atoms with Gasteiger partial charge in [-0.3, -0.25) is 4.79 Å². The molecule has 0 saturated carbocycles. The lowest BCUT2D eigenvalue weighted by Crippen LogP contribution is -2.38. The molecule has 0 aromatic heterocycles. The maximum atomic E-state index is 12.3. The third-order valence-electron chi connectivity index (χ3n) is 3.34. The molecule has 0 bridgehead atoms. The molecular formula is C16H21NO2. The zero-order valence-corrected chi connectivity index (χ0v) is 12.0. The molecule has 19 heavy (non-hydrogen) atoms. The lowest BCUT2D eigenvalue weighted by molar-refractivity contribution is 0.0707. The van der Waals surface area contributed by atoms with Crippen LogP contribution in [0.1, 0.15) is 36.7 Å². The van der Waals surface area contributed by atoms with Crippen LogP contribution in [0.25, 0.3) is 0 Å². The van der Waals surface area contributed by atoms with Gasteiger partial charge in [0.2, 0.25) is 0 Å². The minimum Gasteiger partial charge on any atom is -0.384 e. The van der Waals surface area contributed by atoms with Crippen molar-refractivity contribution in [1.82, 2.24) is 4.90 Å². The van der Waals surface area contributed by atoms with E-state index in [9.17, 15) is 4.79 Å². The molecule has 1 aromatic carbocycles. The average Bonchev–Trinajstić information content (AvgIpc) is 2.43. The molecule has 3 nitrogen and oxygen atoms in total. The molecule has 0 radical (unpaired) electrons. The maximum absolute atomic E-state index is 12.3. The highest BCUT2D eigenvalue weighted by molar-refractivity contribution is 5.94. The molecule has 1 N–H and O–H groups in total. The Morgan fingerprint density at radius 2 is 1.84 bits per heavy atom. The molecule has 1 rings (SSSR count). The standard InChI is InChI=1S/C16H21NO2/c1-12(2)13(3)17(4)16(19)15-9-7-14(8-10-15)6-5-11-18/h7-10,12-13,18H,11H2,1-4H3. The van der Waals surface area contributed by atoms with E-state index in [0.29, 0.717) is 11.5 Å². The van der Waals surface area contributed by atoms with Crippen LogP contribution < -0.4 is 0 Å². The molecule has 102 valence electrons. The van der Waals surface area contributed by atoms with E-state index < -0.39 is 0 Å². The highest BCUT2D eigenvalue weighted by Crippen LogP contribution is 2.13. The minimum atomic E-state index is -0.157. The van der Waals surface area contributed by atoms with Crippen molar-refractivity contribution in [3.8, 4) is 11.8 Å². The van der Waals surface area contributed by atoms with Crippen molar-refractivity contribution in [3.05, 3.63) is 35.4 Å². The number of carbonyl (C=O) groups is 1. The van der Waals surface area contributed by atoms with Gasteiger partial charge in [0.1, 0.15) is 6.61 Å². The molecular weight excluding hydrogens is 238 g/mol. The molecule has 0 heterocycles. The van der Waals surface area contributed by atoms with Crippen LogP contribution in [-0.2, 0) is 0 Å². The summed E-state index contributed by atoms with van der Waals surface area (Å²) in [5, 5.41) is 8.62. The van der Waals surface area contributed by atoms with E-state index >= 15 is 0 Å². The Balaban J connectivity index is 2.83. The first kappa shape index (κ1) is 15.3. The summed E-state index contributed by atoms with van der Waals surface area (Å²) < 4.78 is 0.